The number of hydrogen-bond acceptors (Lipinski definition) is 3. The van der Waals surface area contributed by atoms with Crippen LogP contribution >= 0.6 is 0 Å². The molecule has 1 rings (SSSR count). The third kappa shape index (κ3) is 3.05. The fraction of sp³-hybridized carbons (Fsp3) is 0.417. The number of hydroxylamine groups is 2. The van der Waals surface area contributed by atoms with Crippen LogP contribution in [0.25, 0.3) is 0 Å². The third-order valence-corrected chi connectivity index (χ3v) is 2.41. The zero-order valence-electron chi connectivity index (χ0n) is 9.80. The number of aliphatic hydroxyl groups is 1. The van der Waals surface area contributed by atoms with Crippen LogP contribution < -0.4 is 0 Å². The maximum absolute atomic E-state index is 11.8. The number of amides is 1. The molecule has 1 atom stereocenters. The molecule has 4 heteroatoms. The van der Waals surface area contributed by atoms with Crippen molar-refractivity contribution in [3.63, 3.8) is 0 Å². The van der Waals surface area contributed by atoms with Gasteiger partial charge in [-0.1, -0.05) is 30.3 Å². The minimum atomic E-state index is -1.45. The van der Waals surface area contributed by atoms with Gasteiger partial charge in [-0.3, -0.25) is 9.63 Å². The Morgan fingerprint density at radius 1 is 1.44 bits per heavy atom. The number of likely N-dealkylation sites (N-methyl/N-ethyl adjacent to an activating group) is 1. The van der Waals surface area contributed by atoms with Gasteiger partial charge in [0.25, 0.3) is 5.91 Å². The summed E-state index contributed by atoms with van der Waals surface area (Å²) in [5.74, 6) is -0.459. The molecule has 1 aromatic carbocycles. The average molecular weight is 223 g/mol. The lowest BCUT2D eigenvalue weighted by Gasteiger charge is -2.26. The number of rotatable bonds is 4. The van der Waals surface area contributed by atoms with Crippen LogP contribution in [0.2, 0.25) is 0 Å². The molecule has 1 amide bonds. The van der Waals surface area contributed by atoms with Crippen LogP contribution in [0.4, 0.5) is 0 Å². The first-order valence-corrected chi connectivity index (χ1v) is 5.06. The van der Waals surface area contributed by atoms with Crippen molar-refractivity contribution in [3.05, 3.63) is 35.9 Å². The molecule has 0 aromatic heterocycles. The van der Waals surface area contributed by atoms with Gasteiger partial charge in [-0.15, -0.1) is 0 Å². The summed E-state index contributed by atoms with van der Waals surface area (Å²) in [4.78, 5) is 16.5. The second kappa shape index (κ2) is 5.09. The van der Waals surface area contributed by atoms with Gasteiger partial charge in [0.1, 0.15) is 5.60 Å². The minimum absolute atomic E-state index is 0.264. The van der Waals surface area contributed by atoms with Gasteiger partial charge in [-0.25, -0.2) is 5.06 Å². The van der Waals surface area contributed by atoms with E-state index in [1.807, 2.05) is 30.3 Å². The third-order valence-electron chi connectivity index (χ3n) is 2.41. The molecule has 0 heterocycles. The predicted octanol–water partition coefficient (Wildman–Crippen LogP) is 1.000. The van der Waals surface area contributed by atoms with Crippen LogP contribution in [0.15, 0.2) is 30.3 Å². The van der Waals surface area contributed by atoms with Gasteiger partial charge in [-0.2, -0.15) is 0 Å². The van der Waals surface area contributed by atoms with Gasteiger partial charge in [0.15, 0.2) is 0 Å². The van der Waals surface area contributed by atoms with Gasteiger partial charge in [0.2, 0.25) is 0 Å². The molecule has 4 nitrogen and oxygen atoms in total. The molecule has 0 aliphatic heterocycles. The van der Waals surface area contributed by atoms with E-state index in [-0.39, 0.29) is 6.42 Å². The van der Waals surface area contributed by atoms with Crippen LogP contribution in [0.5, 0.6) is 0 Å². The van der Waals surface area contributed by atoms with Crippen molar-refractivity contribution in [2.24, 2.45) is 0 Å². The van der Waals surface area contributed by atoms with E-state index in [0.717, 1.165) is 10.6 Å². The van der Waals surface area contributed by atoms with Gasteiger partial charge in [0, 0.05) is 13.5 Å². The molecular formula is C12H17NO3. The van der Waals surface area contributed by atoms with Gasteiger partial charge < -0.3 is 5.11 Å². The van der Waals surface area contributed by atoms with Crippen LogP contribution in [-0.4, -0.2) is 35.8 Å². The van der Waals surface area contributed by atoms with E-state index >= 15 is 0 Å². The average Bonchev–Trinajstić information content (AvgIpc) is 2.27. The lowest BCUT2D eigenvalue weighted by molar-refractivity contribution is -0.186. The van der Waals surface area contributed by atoms with Crippen molar-refractivity contribution in [3.8, 4) is 0 Å². The van der Waals surface area contributed by atoms with Gasteiger partial charge >= 0.3 is 0 Å². The van der Waals surface area contributed by atoms with Crippen LogP contribution in [0.1, 0.15) is 12.5 Å². The summed E-state index contributed by atoms with van der Waals surface area (Å²) < 4.78 is 0. The van der Waals surface area contributed by atoms with Crippen LogP contribution in [0, 0.1) is 0 Å². The Morgan fingerprint density at radius 2 is 2.00 bits per heavy atom. The maximum Gasteiger partial charge on any atom is 0.277 e. The summed E-state index contributed by atoms with van der Waals surface area (Å²) in [5, 5.41) is 11.1. The number of carbonyl (C=O) groups is 1. The van der Waals surface area contributed by atoms with E-state index in [4.69, 9.17) is 4.84 Å². The number of nitrogens with zero attached hydrogens (tertiary/aromatic N) is 1. The van der Waals surface area contributed by atoms with E-state index in [0.29, 0.717) is 0 Å². The second-order valence-electron chi connectivity index (χ2n) is 3.92. The number of hydrogen-bond donors (Lipinski definition) is 1. The molecule has 0 aliphatic rings. The van der Waals surface area contributed by atoms with E-state index in [9.17, 15) is 9.90 Å². The lowest BCUT2D eigenvalue weighted by Crippen LogP contribution is -2.46. The van der Waals surface area contributed by atoms with E-state index in [1.165, 1.54) is 21.1 Å². The molecular weight excluding hydrogens is 206 g/mol. The first-order chi connectivity index (χ1) is 7.47. The number of benzene rings is 1. The molecule has 1 N–H and O–H groups in total. The summed E-state index contributed by atoms with van der Waals surface area (Å²) in [6.45, 7) is 1.48. The van der Waals surface area contributed by atoms with E-state index in [2.05, 4.69) is 0 Å². The zero-order chi connectivity index (χ0) is 12.2. The maximum atomic E-state index is 11.8. The highest BCUT2D eigenvalue weighted by atomic mass is 16.7. The fourth-order valence-electron chi connectivity index (χ4n) is 1.49. The standard InChI is InChI=1S/C12H17NO3/c1-12(15,11(14)13(2)16-3)9-10-7-5-4-6-8-10/h4-8,15H,9H2,1-3H3. The van der Waals surface area contributed by atoms with Gasteiger partial charge in [0.05, 0.1) is 7.11 Å². The van der Waals surface area contributed by atoms with Crippen LogP contribution in [-0.2, 0) is 16.1 Å². The Labute approximate surface area is 95.4 Å². The quantitative estimate of drug-likeness (QED) is 0.775. The SMILES string of the molecule is CON(C)C(=O)C(C)(O)Cc1ccccc1. The molecule has 0 aliphatic carbocycles. The minimum Gasteiger partial charge on any atom is -0.380 e. The molecule has 0 saturated heterocycles. The summed E-state index contributed by atoms with van der Waals surface area (Å²) in [6.07, 6.45) is 0.264. The predicted molar refractivity (Wildman–Crippen MR) is 60.5 cm³/mol. The molecule has 88 valence electrons. The molecule has 0 fully saturated rings. The highest BCUT2D eigenvalue weighted by molar-refractivity contribution is 5.83. The summed E-state index contributed by atoms with van der Waals surface area (Å²) in [7, 11) is 2.86. The largest absolute Gasteiger partial charge is 0.380 e. The normalized spacial score (nSPS) is 14.2. The fourth-order valence-corrected chi connectivity index (χ4v) is 1.49. The molecule has 0 bridgehead atoms. The molecule has 1 aromatic rings. The highest BCUT2D eigenvalue weighted by Crippen LogP contribution is 2.15. The molecule has 1 unspecified atom stereocenters. The van der Waals surface area contributed by atoms with Crippen molar-refractivity contribution in [2.75, 3.05) is 14.2 Å². The summed E-state index contributed by atoms with van der Waals surface area (Å²) >= 11 is 0. The van der Waals surface area contributed by atoms with Crippen molar-refractivity contribution in [2.45, 2.75) is 18.9 Å². The topological polar surface area (TPSA) is 49.8 Å². The number of carbonyl (C=O) groups excluding carboxylic acids is 1. The summed E-state index contributed by atoms with van der Waals surface area (Å²) in [5.41, 5.74) is -0.545. The van der Waals surface area contributed by atoms with Crippen molar-refractivity contribution < 1.29 is 14.7 Å². The monoisotopic (exact) mass is 223 g/mol. The van der Waals surface area contributed by atoms with E-state index < -0.39 is 11.5 Å². The Balaban J connectivity index is 2.75. The molecule has 0 spiro atoms. The zero-order valence-corrected chi connectivity index (χ0v) is 9.80. The van der Waals surface area contributed by atoms with Crippen LogP contribution in [0.3, 0.4) is 0 Å². The Hall–Kier alpha value is -1.39. The lowest BCUT2D eigenvalue weighted by atomic mass is 9.96. The molecule has 0 radical (unpaired) electrons. The van der Waals surface area contributed by atoms with E-state index in [1.54, 1.807) is 0 Å². The second-order valence-corrected chi connectivity index (χ2v) is 3.92. The Bertz CT molecular complexity index is 349. The van der Waals surface area contributed by atoms with Crippen molar-refractivity contribution >= 4 is 5.91 Å². The molecule has 16 heavy (non-hydrogen) atoms. The molecule has 0 saturated carbocycles. The Kier molecular flexibility index (Phi) is 4.04. The first kappa shape index (κ1) is 12.7. The Morgan fingerprint density at radius 3 is 2.50 bits per heavy atom. The first-order valence-electron chi connectivity index (χ1n) is 5.06. The van der Waals surface area contributed by atoms with Crippen molar-refractivity contribution in [1.82, 2.24) is 5.06 Å². The van der Waals surface area contributed by atoms with Crippen molar-refractivity contribution in [1.29, 1.82) is 0 Å². The summed E-state index contributed by atoms with van der Waals surface area (Å²) in [6, 6.07) is 9.37. The highest BCUT2D eigenvalue weighted by Gasteiger charge is 2.33. The van der Waals surface area contributed by atoms with Gasteiger partial charge in [-0.05, 0) is 12.5 Å². The smallest absolute Gasteiger partial charge is 0.277 e.